The largest absolute Gasteiger partial charge is 0.366 e. The molecule has 0 spiro atoms. The predicted molar refractivity (Wildman–Crippen MR) is 96.4 cm³/mol. The van der Waals surface area contributed by atoms with Gasteiger partial charge in [-0.05, 0) is 48.6 Å². The van der Waals surface area contributed by atoms with Gasteiger partial charge in [-0.2, -0.15) is 0 Å². The summed E-state index contributed by atoms with van der Waals surface area (Å²) in [6.45, 7) is 4.29. The van der Waals surface area contributed by atoms with Gasteiger partial charge in [0.15, 0.2) is 5.69 Å². The van der Waals surface area contributed by atoms with Gasteiger partial charge in [-0.1, -0.05) is 38.8 Å². The molecule has 2 aromatic rings. The van der Waals surface area contributed by atoms with E-state index in [2.05, 4.69) is 34.7 Å². The van der Waals surface area contributed by atoms with Gasteiger partial charge in [0.2, 0.25) is 0 Å². The smallest absolute Gasteiger partial charge is 0.276 e. The molecule has 5 heteroatoms. The Morgan fingerprint density at radius 2 is 1.75 bits per heavy atom. The van der Waals surface area contributed by atoms with E-state index in [1.807, 2.05) is 30.3 Å². The number of carbonyl (C=O) groups excluding carboxylic acids is 1. The second-order valence-corrected chi connectivity index (χ2v) is 6.66. The van der Waals surface area contributed by atoms with Crippen molar-refractivity contribution in [3.8, 4) is 0 Å². The minimum atomic E-state index is -0.243. The average Bonchev–Trinajstić information content (AvgIpc) is 3.09. The lowest BCUT2D eigenvalue weighted by Crippen LogP contribution is -2.18. The summed E-state index contributed by atoms with van der Waals surface area (Å²) in [4.78, 5) is 12.3. The van der Waals surface area contributed by atoms with Crippen molar-refractivity contribution in [1.82, 2.24) is 10.2 Å². The van der Waals surface area contributed by atoms with Gasteiger partial charge in [0, 0.05) is 11.7 Å². The van der Waals surface area contributed by atoms with Crippen molar-refractivity contribution < 1.29 is 4.79 Å². The summed E-state index contributed by atoms with van der Waals surface area (Å²) in [5.41, 5.74) is 2.33. The molecule has 1 aromatic heterocycles. The highest BCUT2D eigenvalue weighted by atomic mass is 16.1. The molecule has 1 aromatic carbocycles. The van der Waals surface area contributed by atoms with Gasteiger partial charge in [0.25, 0.3) is 5.91 Å². The van der Waals surface area contributed by atoms with Crippen molar-refractivity contribution in [1.29, 1.82) is 0 Å². The Hall–Kier alpha value is -2.43. The van der Waals surface area contributed by atoms with Crippen molar-refractivity contribution >= 4 is 17.4 Å². The first-order valence-corrected chi connectivity index (χ1v) is 8.63. The number of aromatic nitrogens is 2. The monoisotopic (exact) mass is 324 g/mol. The lowest BCUT2D eigenvalue weighted by atomic mass is 10.0. The molecule has 5 nitrogen and oxygen atoms in total. The maximum absolute atomic E-state index is 12.3. The Morgan fingerprint density at radius 3 is 2.33 bits per heavy atom. The summed E-state index contributed by atoms with van der Waals surface area (Å²) < 4.78 is 0. The highest BCUT2D eigenvalue weighted by Gasteiger charge is 2.15. The van der Waals surface area contributed by atoms with Crippen LogP contribution in [0.5, 0.6) is 0 Å². The highest BCUT2D eigenvalue weighted by molar-refractivity contribution is 6.02. The quantitative estimate of drug-likeness (QED) is 0.864. The molecule has 0 aliphatic heterocycles. The van der Waals surface area contributed by atoms with E-state index in [9.17, 15) is 4.79 Å². The van der Waals surface area contributed by atoms with Crippen molar-refractivity contribution in [2.45, 2.75) is 51.5 Å². The van der Waals surface area contributed by atoms with Crippen LogP contribution in [0.4, 0.5) is 11.5 Å². The normalized spacial score (nSPS) is 14.8. The molecular formula is C19H24N4O. The number of carbonyl (C=O) groups is 1. The Labute approximate surface area is 142 Å². The van der Waals surface area contributed by atoms with Crippen molar-refractivity contribution in [2.75, 3.05) is 10.6 Å². The molecule has 126 valence electrons. The van der Waals surface area contributed by atoms with Crippen LogP contribution < -0.4 is 10.6 Å². The summed E-state index contributed by atoms with van der Waals surface area (Å²) >= 11 is 0. The first kappa shape index (κ1) is 16.4. The maximum Gasteiger partial charge on any atom is 0.276 e. The predicted octanol–water partition coefficient (Wildman–Crippen LogP) is 4.21. The number of rotatable bonds is 5. The lowest BCUT2D eigenvalue weighted by Gasteiger charge is -2.12. The summed E-state index contributed by atoms with van der Waals surface area (Å²) in [5, 5.41) is 14.4. The molecule has 0 unspecified atom stereocenters. The molecule has 1 amide bonds. The van der Waals surface area contributed by atoms with E-state index in [4.69, 9.17) is 0 Å². The van der Waals surface area contributed by atoms with Crippen LogP contribution in [-0.2, 0) is 0 Å². The SMILES string of the molecule is CC(C)c1ccc(NC(=O)c2ccc(NC3CCCC3)nn2)cc1. The molecule has 1 heterocycles. The summed E-state index contributed by atoms with van der Waals surface area (Å²) in [6.07, 6.45) is 4.88. The van der Waals surface area contributed by atoms with Crippen LogP contribution in [0.1, 0.15) is 61.5 Å². The lowest BCUT2D eigenvalue weighted by molar-refractivity contribution is 0.102. The fourth-order valence-corrected chi connectivity index (χ4v) is 2.96. The van der Waals surface area contributed by atoms with E-state index >= 15 is 0 Å². The topological polar surface area (TPSA) is 66.9 Å². The number of nitrogens with one attached hydrogen (secondary N) is 2. The van der Waals surface area contributed by atoms with Crippen LogP contribution in [0.15, 0.2) is 36.4 Å². The number of amides is 1. The minimum absolute atomic E-state index is 0.243. The molecule has 24 heavy (non-hydrogen) atoms. The minimum Gasteiger partial charge on any atom is -0.366 e. The average molecular weight is 324 g/mol. The second-order valence-electron chi connectivity index (χ2n) is 6.66. The molecule has 1 fully saturated rings. The summed E-state index contributed by atoms with van der Waals surface area (Å²) in [7, 11) is 0. The second kappa shape index (κ2) is 7.43. The molecule has 3 rings (SSSR count). The Balaban J connectivity index is 1.60. The van der Waals surface area contributed by atoms with Gasteiger partial charge >= 0.3 is 0 Å². The molecule has 0 atom stereocenters. The van der Waals surface area contributed by atoms with Crippen LogP contribution in [0.3, 0.4) is 0 Å². The number of benzene rings is 1. The molecule has 0 radical (unpaired) electrons. The first-order valence-electron chi connectivity index (χ1n) is 8.63. The van der Waals surface area contributed by atoms with E-state index in [0.717, 1.165) is 11.5 Å². The molecule has 0 bridgehead atoms. The zero-order valence-corrected chi connectivity index (χ0v) is 14.2. The number of hydrogen-bond acceptors (Lipinski definition) is 4. The highest BCUT2D eigenvalue weighted by Crippen LogP contribution is 2.21. The van der Waals surface area contributed by atoms with Gasteiger partial charge in [-0.3, -0.25) is 4.79 Å². The maximum atomic E-state index is 12.3. The van der Waals surface area contributed by atoms with Crippen molar-refractivity contribution in [2.24, 2.45) is 0 Å². The molecule has 1 saturated carbocycles. The van der Waals surface area contributed by atoms with Gasteiger partial charge in [0.1, 0.15) is 5.82 Å². The fourth-order valence-electron chi connectivity index (χ4n) is 2.96. The zero-order chi connectivity index (χ0) is 16.9. The third kappa shape index (κ3) is 4.10. The molecule has 2 N–H and O–H groups in total. The Bertz CT molecular complexity index is 674. The van der Waals surface area contributed by atoms with E-state index < -0.39 is 0 Å². The standard InChI is InChI=1S/C19H24N4O/c1-13(2)14-7-9-16(10-8-14)21-19(24)17-11-12-18(23-22-17)20-15-5-3-4-6-15/h7-13,15H,3-6H2,1-2H3,(H,20,23)(H,21,24). The van der Waals surface area contributed by atoms with Gasteiger partial charge < -0.3 is 10.6 Å². The van der Waals surface area contributed by atoms with Crippen molar-refractivity contribution in [3.63, 3.8) is 0 Å². The third-order valence-corrected chi connectivity index (χ3v) is 4.44. The Kier molecular flexibility index (Phi) is 5.08. The number of anilines is 2. The zero-order valence-electron chi connectivity index (χ0n) is 14.2. The molecule has 1 aliphatic carbocycles. The first-order chi connectivity index (χ1) is 11.6. The summed E-state index contributed by atoms with van der Waals surface area (Å²) in [5.74, 6) is 0.965. The van der Waals surface area contributed by atoms with Gasteiger partial charge in [-0.25, -0.2) is 0 Å². The van der Waals surface area contributed by atoms with Crippen LogP contribution in [0, 0.1) is 0 Å². The van der Waals surface area contributed by atoms with E-state index in [1.54, 1.807) is 6.07 Å². The molecule has 0 saturated heterocycles. The third-order valence-electron chi connectivity index (χ3n) is 4.44. The summed E-state index contributed by atoms with van der Waals surface area (Å²) in [6, 6.07) is 11.9. The van der Waals surface area contributed by atoms with Crippen molar-refractivity contribution in [3.05, 3.63) is 47.7 Å². The van der Waals surface area contributed by atoms with Crippen LogP contribution in [0.2, 0.25) is 0 Å². The number of hydrogen-bond donors (Lipinski definition) is 2. The van der Waals surface area contributed by atoms with Crippen LogP contribution in [-0.4, -0.2) is 22.1 Å². The van der Waals surface area contributed by atoms with E-state index in [1.165, 1.54) is 31.2 Å². The van der Waals surface area contributed by atoms with E-state index in [-0.39, 0.29) is 5.91 Å². The van der Waals surface area contributed by atoms with Crippen LogP contribution in [0.25, 0.3) is 0 Å². The molecular weight excluding hydrogens is 300 g/mol. The molecule has 1 aliphatic rings. The number of nitrogens with zero attached hydrogens (tertiary/aromatic N) is 2. The fraction of sp³-hybridized carbons (Fsp3) is 0.421. The van der Waals surface area contributed by atoms with Crippen LogP contribution >= 0.6 is 0 Å². The van der Waals surface area contributed by atoms with Gasteiger partial charge in [0.05, 0.1) is 0 Å². The van der Waals surface area contributed by atoms with Gasteiger partial charge in [-0.15, -0.1) is 10.2 Å². The Morgan fingerprint density at radius 1 is 1.04 bits per heavy atom. The van der Waals surface area contributed by atoms with E-state index in [0.29, 0.717) is 17.7 Å².